The van der Waals surface area contributed by atoms with Crippen LogP contribution in [0.25, 0.3) is 54.2 Å². The van der Waals surface area contributed by atoms with Crippen LogP contribution in [0, 0.1) is 60.7 Å². The number of rotatable bonds is 11. The SMILES string of the molecule is [N-]=[N+]=Nc1c([N+](=O)[O-])cc([N+](=O)[O-])c(-c2nnc(-c3c([N+](=O)[O-])c(N=[N+]=[N-])c([N+](=O)[O-])c(N=[N+]=[N-])c3[N+](=O)[O-])o2)c1[N+](=O)[O-]. The molecule has 0 aliphatic heterocycles. The summed E-state index contributed by atoms with van der Waals surface area (Å²) in [5.41, 5.74) is 9.10. The van der Waals surface area contributed by atoms with Gasteiger partial charge in [0.05, 0.1) is 35.6 Å². The summed E-state index contributed by atoms with van der Waals surface area (Å²) in [7, 11) is 0. The quantitative estimate of drug-likeness (QED) is 0.0822. The van der Waals surface area contributed by atoms with Crippen molar-refractivity contribution in [3.8, 4) is 22.9 Å². The lowest BCUT2D eigenvalue weighted by Gasteiger charge is -2.07. The van der Waals surface area contributed by atoms with Crippen LogP contribution in [0.5, 0.6) is 0 Å². The van der Waals surface area contributed by atoms with Gasteiger partial charge in [-0.25, -0.2) is 0 Å². The first-order chi connectivity index (χ1) is 20.7. The van der Waals surface area contributed by atoms with Crippen LogP contribution < -0.4 is 0 Å². The van der Waals surface area contributed by atoms with Crippen LogP contribution in [0.4, 0.5) is 51.2 Å². The molecule has 0 N–H and O–H groups in total. The lowest BCUT2D eigenvalue weighted by molar-refractivity contribution is -0.401. The number of hydrogen-bond donors (Lipinski definition) is 0. The molecule has 0 aliphatic rings. The highest BCUT2D eigenvalue weighted by atomic mass is 16.7. The van der Waals surface area contributed by atoms with Crippen LogP contribution in [0.15, 0.2) is 25.8 Å². The first-order valence-electron chi connectivity index (χ1n) is 10.0. The second kappa shape index (κ2) is 11.6. The van der Waals surface area contributed by atoms with Crippen LogP contribution >= 0.6 is 0 Å². The van der Waals surface area contributed by atoms with E-state index in [0.717, 1.165) is 0 Å². The van der Waals surface area contributed by atoms with Gasteiger partial charge in [0.1, 0.15) is 0 Å². The summed E-state index contributed by atoms with van der Waals surface area (Å²) in [5.74, 6) is -2.84. The normalized spacial score (nSPS) is 10.0. The molecule has 0 atom stereocenters. The molecule has 0 radical (unpaired) electrons. The van der Waals surface area contributed by atoms with Crippen LogP contribution in [-0.4, -0.2) is 39.7 Å². The van der Waals surface area contributed by atoms with Gasteiger partial charge in [-0.05, 0) is 31.9 Å². The van der Waals surface area contributed by atoms with E-state index in [-0.39, 0.29) is 6.07 Å². The number of nitrogens with zero attached hydrogens (tertiary/aromatic N) is 17. The van der Waals surface area contributed by atoms with E-state index in [9.17, 15) is 60.7 Å². The average molecular weight is 615 g/mol. The molecule has 0 aliphatic carbocycles. The summed E-state index contributed by atoms with van der Waals surface area (Å²) in [4.78, 5) is 68.3. The topological polar surface area (TPSA) is 444 Å². The zero-order valence-electron chi connectivity index (χ0n) is 20.0. The summed E-state index contributed by atoms with van der Waals surface area (Å²) in [6.45, 7) is 0. The predicted octanol–water partition coefficient (Wildman–Crippen LogP) is 5.68. The van der Waals surface area contributed by atoms with Crippen LogP contribution in [-0.2, 0) is 0 Å². The molecule has 0 bridgehead atoms. The maximum absolute atomic E-state index is 12.0. The molecule has 1 aromatic heterocycles. The van der Waals surface area contributed by atoms with Crippen molar-refractivity contribution in [2.24, 2.45) is 15.3 Å². The van der Waals surface area contributed by atoms with Gasteiger partial charge in [0.25, 0.3) is 23.2 Å². The number of azide groups is 3. The summed E-state index contributed by atoms with van der Waals surface area (Å²) >= 11 is 0. The second-order valence-electron chi connectivity index (χ2n) is 7.13. The zero-order valence-corrected chi connectivity index (χ0v) is 20.0. The van der Waals surface area contributed by atoms with Crippen molar-refractivity contribution in [1.82, 2.24) is 10.2 Å². The smallest absolute Gasteiger partial charge is 0.305 e. The van der Waals surface area contributed by atoms with Crippen molar-refractivity contribution < 1.29 is 34.0 Å². The predicted molar refractivity (Wildman–Crippen MR) is 132 cm³/mol. The molecule has 0 amide bonds. The molecule has 30 heteroatoms. The minimum atomic E-state index is -1.77. The van der Waals surface area contributed by atoms with E-state index < -0.39 is 104 Å². The molecule has 0 saturated carbocycles. The number of nitro groups is 6. The Labute approximate surface area is 232 Å². The van der Waals surface area contributed by atoms with E-state index >= 15 is 0 Å². The molecule has 44 heavy (non-hydrogen) atoms. The van der Waals surface area contributed by atoms with Crippen molar-refractivity contribution in [1.29, 1.82) is 0 Å². The van der Waals surface area contributed by atoms with E-state index in [1.807, 2.05) is 0 Å². The molecule has 3 rings (SSSR count). The second-order valence-corrected chi connectivity index (χ2v) is 7.13. The van der Waals surface area contributed by atoms with Gasteiger partial charge in [0.15, 0.2) is 28.2 Å². The molecule has 0 saturated heterocycles. The third kappa shape index (κ3) is 4.98. The lowest BCUT2D eigenvalue weighted by atomic mass is 10.0. The van der Waals surface area contributed by atoms with Crippen molar-refractivity contribution in [2.45, 2.75) is 0 Å². The summed E-state index contributed by atoms with van der Waals surface area (Å²) < 4.78 is 5.04. The molecule has 30 nitrogen and oxygen atoms in total. The number of aromatic nitrogens is 2. The Morgan fingerprint density at radius 3 is 1.27 bits per heavy atom. The first-order valence-corrected chi connectivity index (χ1v) is 10.0. The van der Waals surface area contributed by atoms with Crippen molar-refractivity contribution >= 4 is 51.2 Å². The Bertz CT molecular complexity index is 1960. The Hall–Kier alpha value is -8.09. The van der Waals surface area contributed by atoms with Crippen molar-refractivity contribution in [2.75, 3.05) is 0 Å². The van der Waals surface area contributed by atoms with E-state index in [0.29, 0.717) is 0 Å². The molecule has 0 unspecified atom stereocenters. The lowest BCUT2D eigenvalue weighted by Crippen LogP contribution is -2.03. The maximum atomic E-state index is 12.0. The largest absolute Gasteiger partial charge is 0.415 e. The first kappa shape index (κ1) is 30.5. The van der Waals surface area contributed by atoms with Gasteiger partial charge in [-0.15, -0.1) is 10.2 Å². The molecule has 1 heterocycles. The van der Waals surface area contributed by atoms with Gasteiger partial charge >= 0.3 is 22.7 Å². The Morgan fingerprint density at radius 1 is 0.545 bits per heavy atom. The highest BCUT2D eigenvalue weighted by Crippen LogP contribution is 2.56. The van der Waals surface area contributed by atoms with Gasteiger partial charge in [0.2, 0.25) is 0 Å². The molecule has 0 spiro atoms. The Balaban J connectivity index is 2.67. The van der Waals surface area contributed by atoms with E-state index in [4.69, 9.17) is 21.0 Å². The minimum absolute atomic E-state index is 0.0898. The molecule has 3 aromatic rings. The monoisotopic (exact) mass is 615 g/mol. The summed E-state index contributed by atoms with van der Waals surface area (Å²) in [6.07, 6.45) is 0. The van der Waals surface area contributed by atoms with Gasteiger partial charge in [0, 0.05) is 14.7 Å². The average Bonchev–Trinajstić information content (AvgIpc) is 3.41. The van der Waals surface area contributed by atoms with Gasteiger partial charge in [-0.2, -0.15) is 0 Å². The number of benzene rings is 2. The fourth-order valence-electron chi connectivity index (χ4n) is 3.57. The summed E-state index contributed by atoms with van der Waals surface area (Å²) in [6, 6.07) is 0.0898. The molecular formula is C14HN17O13. The minimum Gasteiger partial charge on any atom is -0.415 e. The highest BCUT2D eigenvalue weighted by molar-refractivity contribution is 5.98. The fourth-order valence-corrected chi connectivity index (χ4v) is 3.57. The third-order valence-electron chi connectivity index (χ3n) is 5.01. The van der Waals surface area contributed by atoms with Crippen LogP contribution in [0.3, 0.4) is 0 Å². The van der Waals surface area contributed by atoms with Gasteiger partial charge in [-0.3, -0.25) is 60.7 Å². The maximum Gasteiger partial charge on any atom is 0.305 e. The standard InChI is InChI=1S/C14HN17O13/c15-23-18-6-3(27(34)35)1-2(26(32)33)4(9(6)28(36)37)13-21-22-14(44-13)5-10(29(38)39)7(19-24-16)12(31(42)43)8(20-25-17)11(5)30(40)41/h1H. The Kier molecular flexibility index (Phi) is 8.01. The highest BCUT2D eigenvalue weighted by Gasteiger charge is 2.45. The van der Waals surface area contributed by atoms with E-state index in [2.05, 4.69) is 40.3 Å². The van der Waals surface area contributed by atoms with Crippen molar-refractivity contribution in [3.63, 3.8) is 0 Å². The molecular weight excluding hydrogens is 614 g/mol. The Morgan fingerprint density at radius 2 is 0.909 bits per heavy atom. The van der Waals surface area contributed by atoms with Gasteiger partial charge < -0.3 is 4.42 Å². The number of nitro benzene ring substituents is 6. The molecule has 2 aromatic carbocycles. The third-order valence-corrected chi connectivity index (χ3v) is 5.01. The molecule has 220 valence electrons. The van der Waals surface area contributed by atoms with Gasteiger partial charge in [-0.1, -0.05) is 0 Å². The van der Waals surface area contributed by atoms with Crippen molar-refractivity contribution in [3.05, 3.63) is 98.1 Å². The fraction of sp³-hybridized carbons (Fsp3) is 0. The van der Waals surface area contributed by atoms with Crippen LogP contribution in [0.2, 0.25) is 0 Å². The zero-order chi connectivity index (χ0) is 33.0. The van der Waals surface area contributed by atoms with E-state index in [1.165, 1.54) is 0 Å². The summed E-state index contributed by atoms with van der Waals surface area (Å²) in [5, 5.41) is 85.5. The van der Waals surface area contributed by atoms with E-state index in [1.54, 1.807) is 0 Å². The number of hydrogen-bond acceptors (Lipinski definition) is 18. The van der Waals surface area contributed by atoms with Crippen LogP contribution in [0.1, 0.15) is 0 Å². The molecule has 0 fully saturated rings.